The molecule has 1 fully saturated rings. The van der Waals surface area contributed by atoms with Crippen LogP contribution in [0, 0.1) is 5.92 Å². The molecule has 0 amide bonds. The van der Waals surface area contributed by atoms with Crippen molar-refractivity contribution in [2.75, 3.05) is 5.32 Å². The lowest BCUT2D eigenvalue weighted by atomic mass is 9.85. The highest BCUT2D eigenvalue weighted by Crippen LogP contribution is 2.28. The minimum Gasteiger partial charge on any atom is -0.358 e. The molecule has 5 nitrogen and oxygen atoms in total. The Morgan fingerprint density at radius 1 is 1.43 bits per heavy atom. The molecule has 1 atom stereocenters. The SMILES string of the molecule is CC(CCC1CCCCC1)Nc1nn2c(=O)ccnc2s1. The molecule has 0 spiro atoms. The van der Waals surface area contributed by atoms with Crippen molar-refractivity contribution >= 4 is 21.4 Å². The molecule has 6 heteroatoms. The fourth-order valence-electron chi connectivity index (χ4n) is 3.05. The number of hydrogen-bond acceptors (Lipinski definition) is 5. The summed E-state index contributed by atoms with van der Waals surface area (Å²) in [5.41, 5.74) is -0.126. The predicted molar refractivity (Wildman–Crippen MR) is 86.0 cm³/mol. The van der Waals surface area contributed by atoms with Crippen LogP contribution in [0.4, 0.5) is 5.13 Å². The lowest BCUT2D eigenvalue weighted by Crippen LogP contribution is -2.18. The van der Waals surface area contributed by atoms with E-state index in [0.29, 0.717) is 11.0 Å². The van der Waals surface area contributed by atoms with Crippen LogP contribution in [-0.2, 0) is 0 Å². The Kier molecular flexibility index (Phi) is 4.53. The van der Waals surface area contributed by atoms with Crippen molar-refractivity contribution in [2.24, 2.45) is 5.92 Å². The molecule has 2 aromatic rings. The second kappa shape index (κ2) is 6.56. The molecule has 21 heavy (non-hydrogen) atoms. The van der Waals surface area contributed by atoms with E-state index in [1.165, 1.54) is 66.6 Å². The Labute approximate surface area is 128 Å². The second-order valence-corrected chi connectivity index (χ2v) is 6.97. The molecule has 0 bridgehead atoms. The van der Waals surface area contributed by atoms with Gasteiger partial charge in [-0.25, -0.2) is 4.98 Å². The van der Waals surface area contributed by atoms with E-state index in [4.69, 9.17) is 0 Å². The molecule has 1 saturated carbocycles. The summed E-state index contributed by atoms with van der Waals surface area (Å²) in [6.45, 7) is 2.19. The van der Waals surface area contributed by atoms with Crippen molar-refractivity contribution in [2.45, 2.75) is 57.9 Å². The Morgan fingerprint density at radius 3 is 3.00 bits per heavy atom. The number of hydrogen-bond donors (Lipinski definition) is 1. The van der Waals surface area contributed by atoms with Crippen LogP contribution < -0.4 is 10.9 Å². The van der Waals surface area contributed by atoms with Crippen LogP contribution in [0.5, 0.6) is 0 Å². The van der Waals surface area contributed by atoms with Gasteiger partial charge in [-0.3, -0.25) is 4.79 Å². The number of nitrogens with zero attached hydrogens (tertiary/aromatic N) is 3. The summed E-state index contributed by atoms with van der Waals surface area (Å²) in [5, 5.41) is 8.48. The molecule has 1 N–H and O–H groups in total. The van der Waals surface area contributed by atoms with Crippen LogP contribution in [0.2, 0.25) is 0 Å². The summed E-state index contributed by atoms with van der Waals surface area (Å²) in [6, 6.07) is 1.81. The molecule has 2 aromatic heterocycles. The molecule has 3 rings (SSSR count). The van der Waals surface area contributed by atoms with Gasteiger partial charge in [0.15, 0.2) is 0 Å². The number of nitrogens with one attached hydrogen (secondary N) is 1. The first kappa shape index (κ1) is 14.5. The molecule has 2 heterocycles. The average molecular weight is 306 g/mol. The third-order valence-electron chi connectivity index (χ3n) is 4.27. The first-order valence-corrected chi connectivity index (χ1v) is 8.65. The number of rotatable bonds is 5. The summed E-state index contributed by atoms with van der Waals surface area (Å²) in [5.74, 6) is 0.905. The number of fused-ring (bicyclic) bond motifs is 1. The van der Waals surface area contributed by atoms with Gasteiger partial charge in [-0.05, 0) is 25.7 Å². The van der Waals surface area contributed by atoms with Crippen LogP contribution in [0.3, 0.4) is 0 Å². The Balaban J connectivity index is 1.56. The maximum absolute atomic E-state index is 11.6. The van der Waals surface area contributed by atoms with Gasteiger partial charge in [0, 0.05) is 18.3 Å². The molecule has 0 aliphatic heterocycles. The Hall–Kier alpha value is -1.43. The molecule has 114 valence electrons. The quantitative estimate of drug-likeness (QED) is 0.920. The standard InChI is InChI=1S/C15H22N4OS/c1-11(7-8-12-5-3-2-4-6-12)17-14-18-19-13(20)9-10-16-15(19)21-14/h9-12H,2-8H2,1H3,(H,17,18). The lowest BCUT2D eigenvalue weighted by Gasteiger charge is -2.23. The van der Waals surface area contributed by atoms with Gasteiger partial charge >= 0.3 is 0 Å². The maximum atomic E-state index is 11.6. The largest absolute Gasteiger partial charge is 0.358 e. The van der Waals surface area contributed by atoms with Gasteiger partial charge in [-0.2, -0.15) is 4.52 Å². The molecule has 1 aliphatic rings. The second-order valence-electron chi connectivity index (χ2n) is 6.01. The van der Waals surface area contributed by atoms with Crippen molar-refractivity contribution in [1.82, 2.24) is 14.6 Å². The molecule has 0 saturated heterocycles. The summed E-state index contributed by atoms with van der Waals surface area (Å²) in [4.78, 5) is 16.5. The van der Waals surface area contributed by atoms with E-state index in [0.717, 1.165) is 17.5 Å². The first-order valence-electron chi connectivity index (χ1n) is 7.84. The van der Waals surface area contributed by atoms with Crippen LogP contribution in [0.25, 0.3) is 4.96 Å². The van der Waals surface area contributed by atoms with E-state index >= 15 is 0 Å². The highest BCUT2D eigenvalue weighted by molar-refractivity contribution is 7.20. The van der Waals surface area contributed by atoms with E-state index in [2.05, 4.69) is 22.3 Å². The van der Waals surface area contributed by atoms with E-state index in [9.17, 15) is 4.79 Å². The number of anilines is 1. The van der Waals surface area contributed by atoms with E-state index in [1.807, 2.05) is 0 Å². The van der Waals surface area contributed by atoms with Crippen molar-refractivity contribution in [3.8, 4) is 0 Å². The first-order chi connectivity index (χ1) is 10.2. The predicted octanol–water partition coefficient (Wildman–Crippen LogP) is 3.31. The minimum absolute atomic E-state index is 0.126. The van der Waals surface area contributed by atoms with Gasteiger partial charge in [0.1, 0.15) is 0 Å². The molecule has 0 aromatic carbocycles. The van der Waals surface area contributed by atoms with Crippen molar-refractivity contribution in [3.05, 3.63) is 22.6 Å². The summed E-state index contributed by atoms with van der Waals surface area (Å²) in [6.07, 6.45) is 11.0. The normalized spacial score (nSPS) is 18.0. The van der Waals surface area contributed by atoms with E-state index in [-0.39, 0.29) is 5.56 Å². The highest BCUT2D eigenvalue weighted by atomic mass is 32.1. The van der Waals surface area contributed by atoms with Gasteiger partial charge in [0.25, 0.3) is 5.56 Å². The smallest absolute Gasteiger partial charge is 0.275 e. The molecular formula is C15H22N4OS. The molecule has 1 aliphatic carbocycles. The van der Waals surface area contributed by atoms with Crippen molar-refractivity contribution in [3.63, 3.8) is 0 Å². The van der Waals surface area contributed by atoms with Gasteiger partial charge in [-0.1, -0.05) is 43.4 Å². The van der Waals surface area contributed by atoms with Crippen molar-refractivity contribution < 1.29 is 0 Å². The zero-order valence-corrected chi connectivity index (χ0v) is 13.2. The molecule has 0 radical (unpaired) electrons. The topological polar surface area (TPSA) is 59.3 Å². The van der Waals surface area contributed by atoms with Gasteiger partial charge in [0.2, 0.25) is 10.1 Å². The van der Waals surface area contributed by atoms with Crippen LogP contribution in [0.15, 0.2) is 17.1 Å². The summed E-state index contributed by atoms with van der Waals surface area (Å²) < 4.78 is 1.36. The maximum Gasteiger partial charge on any atom is 0.275 e. The summed E-state index contributed by atoms with van der Waals surface area (Å²) in [7, 11) is 0. The van der Waals surface area contributed by atoms with Crippen LogP contribution >= 0.6 is 11.3 Å². The molecule has 1 unspecified atom stereocenters. The highest BCUT2D eigenvalue weighted by Gasteiger charge is 2.15. The van der Waals surface area contributed by atoms with E-state index in [1.54, 1.807) is 0 Å². The zero-order chi connectivity index (χ0) is 14.7. The van der Waals surface area contributed by atoms with Crippen LogP contribution in [0.1, 0.15) is 51.9 Å². The molecular weight excluding hydrogens is 284 g/mol. The summed E-state index contributed by atoms with van der Waals surface area (Å²) >= 11 is 1.43. The van der Waals surface area contributed by atoms with Crippen LogP contribution in [-0.4, -0.2) is 20.6 Å². The van der Waals surface area contributed by atoms with Gasteiger partial charge in [-0.15, -0.1) is 5.10 Å². The third-order valence-corrected chi connectivity index (χ3v) is 5.13. The lowest BCUT2D eigenvalue weighted by molar-refractivity contribution is 0.328. The Morgan fingerprint density at radius 2 is 2.24 bits per heavy atom. The van der Waals surface area contributed by atoms with E-state index < -0.39 is 0 Å². The van der Waals surface area contributed by atoms with Gasteiger partial charge in [0.05, 0.1) is 0 Å². The fourth-order valence-corrected chi connectivity index (χ4v) is 3.93. The third kappa shape index (κ3) is 3.61. The zero-order valence-electron chi connectivity index (χ0n) is 12.4. The van der Waals surface area contributed by atoms with Crippen molar-refractivity contribution in [1.29, 1.82) is 0 Å². The fraction of sp³-hybridized carbons (Fsp3) is 0.667. The average Bonchev–Trinajstić information content (AvgIpc) is 2.90. The van der Waals surface area contributed by atoms with Gasteiger partial charge < -0.3 is 5.32 Å². The number of aromatic nitrogens is 3. The Bertz CT molecular complexity index is 644. The minimum atomic E-state index is -0.126. The monoisotopic (exact) mass is 306 g/mol.